The number of carbonyl (C=O) groups is 1. The maximum atomic E-state index is 15.1. The molecule has 23 nitrogen and oxygen atoms in total. The molecule has 498 valence electrons. The smallest absolute Gasteiger partial charge is 0.331 e. The molecule has 2 unspecified atom stereocenters. The zero-order valence-corrected chi connectivity index (χ0v) is 59.0. The van der Waals surface area contributed by atoms with E-state index in [0.717, 1.165) is 28.8 Å². The van der Waals surface area contributed by atoms with Gasteiger partial charge in [-0.3, -0.25) is 12.5 Å². The van der Waals surface area contributed by atoms with E-state index in [-0.39, 0.29) is 70.9 Å². The van der Waals surface area contributed by atoms with Crippen LogP contribution in [-0.2, 0) is 97.7 Å². The maximum absolute atomic E-state index is 15.1. The number of benzene rings is 4. The van der Waals surface area contributed by atoms with Gasteiger partial charge in [-0.05, 0) is 48.1 Å². The fraction of sp³-hybridized carbons (Fsp3) is 0.707. The number of carbonyl (C=O) groups excluding carboxylic acids is 1. The standard InChI is InChI=1S/C58H96N4O19S6/c1-42(20-19-28-76-38-57(11,12)40-78-41-58(13,14)39-77-34-51(63)75-18)59-47-32-48(82(64)60(15)25-29-83(65,66)79-35-54(2,3)4)44-22-24-46-50(87(73,74)62(17)27-31-85(69,70)81-37-56(8,9)10)33-49(45-23-21-43(47)52(44)53(45)46)86(71,72)61(16)26-30-84(67,68)80-36-55(5,6)7/h21-24,32-33,42,59H,19-20,25-31,34-41H2,1-18H3. The van der Waals surface area contributed by atoms with E-state index in [2.05, 4.69) is 10.1 Å². The SMILES string of the molecule is COC(=O)COCC(C)(C)COCC(C)(C)COCCCC(C)Nc1cc(S(=O)N(C)CCS(=O)(=O)OCC(C)(C)C)c2ccc3c(S(=O)(=O)N(C)CCS(=O)(=O)OCC(C)(C)C)cc(S(=O)(=O)N(C)CCS(=O)(=O)OCC(C)(C)C)c4ccc1c2c43. The van der Waals surface area contributed by atoms with Crippen LogP contribution >= 0.6 is 0 Å². The number of ether oxygens (including phenoxy) is 4. The Morgan fingerprint density at radius 1 is 0.540 bits per heavy atom. The molecule has 0 saturated heterocycles. The summed E-state index contributed by atoms with van der Waals surface area (Å²) in [5.74, 6) is -2.48. The van der Waals surface area contributed by atoms with Gasteiger partial charge in [0, 0.05) is 102 Å². The van der Waals surface area contributed by atoms with Crippen molar-refractivity contribution in [1.29, 1.82) is 0 Å². The van der Waals surface area contributed by atoms with Crippen molar-refractivity contribution in [3.8, 4) is 0 Å². The third-order valence-corrected chi connectivity index (χ3v) is 22.1. The summed E-state index contributed by atoms with van der Waals surface area (Å²) < 4.78 is 195. The van der Waals surface area contributed by atoms with Crippen LogP contribution < -0.4 is 5.32 Å². The van der Waals surface area contributed by atoms with Crippen molar-refractivity contribution in [2.45, 2.75) is 131 Å². The number of rotatable bonds is 37. The first-order valence-corrected chi connectivity index (χ1v) is 37.4. The second-order valence-corrected chi connectivity index (χ2v) is 38.4. The van der Waals surface area contributed by atoms with E-state index < -0.39 is 124 Å². The normalized spacial score (nSPS) is 14.8. The molecule has 0 heterocycles. The third kappa shape index (κ3) is 23.4. The monoisotopic (exact) mass is 1340 g/mol. The summed E-state index contributed by atoms with van der Waals surface area (Å²) in [4.78, 5) is 10.6. The first-order valence-electron chi connectivity index (χ1n) is 28.6. The second-order valence-electron chi connectivity index (χ2n) is 27.5. The lowest BCUT2D eigenvalue weighted by molar-refractivity contribution is -0.147. The van der Waals surface area contributed by atoms with E-state index in [1.54, 1.807) is 59.7 Å². The van der Waals surface area contributed by atoms with Gasteiger partial charge in [-0.25, -0.2) is 30.1 Å². The highest BCUT2D eigenvalue weighted by molar-refractivity contribution is 7.90. The molecule has 0 saturated carbocycles. The Morgan fingerprint density at radius 3 is 1.37 bits per heavy atom. The molecule has 0 amide bonds. The molecule has 0 aromatic heterocycles. The molecule has 87 heavy (non-hydrogen) atoms. The summed E-state index contributed by atoms with van der Waals surface area (Å²) in [7, 11) is -19.3. The highest BCUT2D eigenvalue weighted by atomic mass is 32.2. The van der Waals surface area contributed by atoms with Gasteiger partial charge in [0.05, 0.1) is 85.3 Å². The molecular weight excluding hydrogens is 1250 g/mol. The third-order valence-electron chi connectivity index (χ3n) is 13.4. The molecule has 0 bridgehead atoms. The number of sulfonamides is 2. The van der Waals surface area contributed by atoms with Crippen molar-refractivity contribution in [3.05, 3.63) is 36.4 Å². The summed E-state index contributed by atoms with van der Waals surface area (Å²) in [6.45, 7) is 25.8. The molecule has 0 fully saturated rings. The van der Waals surface area contributed by atoms with Crippen LogP contribution in [0.3, 0.4) is 0 Å². The van der Waals surface area contributed by atoms with Gasteiger partial charge in [0.2, 0.25) is 20.0 Å². The van der Waals surface area contributed by atoms with E-state index in [9.17, 15) is 30.0 Å². The van der Waals surface area contributed by atoms with Crippen molar-refractivity contribution >= 4 is 105 Å². The number of anilines is 1. The summed E-state index contributed by atoms with van der Waals surface area (Å²) >= 11 is 0. The van der Waals surface area contributed by atoms with Gasteiger partial charge < -0.3 is 24.3 Å². The first-order chi connectivity index (χ1) is 39.6. The van der Waals surface area contributed by atoms with Crippen LogP contribution in [0.4, 0.5) is 5.69 Å². The van der Waals surface area contributed by atoms with Crippen LogP contribution in [0.1, 0.15) is 110 Å². The van der Waals surface area contributed by atoms with Crippen LogP contribution in [-0.4, -0.2) is 196 Å². The molecule has 4 aromatic carbocycles. The minimum atomic E-state index is -4.82. The number of esters is 1. The largest absolute Gasteiger partial charge is 0.467 e. The molecule has 0 spiro atoms. The fourth-order valence-corrected chi connectivity index (χ4v) is 16.2. The Labute approximate surface area is 521 Å². The van der Waals surface area contributed by atoms with Crippen molar-refractivity contribution in [2.24, 2.45) is 27.1 Å². The number of nitrogens with zero attached hydrogens (tertiary/aromatic N) is 3. The van der Waals surface area contributed by atoms with Crippen LogP contribution in [0.2, 0.25) is 0 Å². The molecule has 1 N–H and O–H groups in total. The summed E-state index contributed by atoms with van der Waals surface area (Å²) in [5, 5.41) is 4.77. The Morgan fingerprint density at radius 2 is 0.931 bits per heavy atom. The number of nitrogens with one attached hydrogen (secondary N) is 1. The molecule has 0 radical (unpaired) electrons. The number of methoxy groups -OCH3 is 1. The van der Waals surface area contributed by atoms with Gasteiger partial charge in [0.1, 0.15) is 17.6 Å². The molecule has 2 atom stereocenters. The topological polar surface area (TPSA) is 291 Å². The Kier molecular flexibility index (Phi) is 26.3. The lowest BCUT2D eigenvalue weighted by Gasteiger charge is -2.29. The zero-order valence-electron chi connectivity index (χ0n) is 54.1. The van der Waals surface area contributed by atoms with Crippen molar-refractivity contribution in [2.75, 3.05) is 130 Å². The maximum Gasteiger partial charge on any atom is 0.331 e. The Balaban J connectivity index is 1.86. The quantitative estimate of drug-likeness (QED) is 0.0195. The minimum Gasteiger partial charge on any atom is -0.467 e. The predicted molar refractivity (Wildman–Crippen MR) is 341 cm³/mol. The first kappa shape index (κ1) is 76.2. The van der Waals surface area contributed by atoms with Gasteiger partial charge in [-0.1, -0.05) is 114 Å². The van der Waals surface area contributed by atoms with E-state index in [4.69, 9.17) is 26.8 Å². The lowest BCUT2D eigenvalue weighted by Crippen LogP contribution is -2.34. The average Bonchev–Trinajstić information content (AvgIpc) is 0.746. The van der Waals surface area contributed by atoms with Gasteiger partial charge in [0.25, 0.3) is 30.4 Å². The molecule has 0 aliphatic rings. The molecule has 29 heteroatoms. The summed E-state index contributed by atoms with van der Waals surface area (Å²) in [6.07, 6.45) is 1.15. The van der Waals surface area contributed by atoms with Crippen LogP contribution in [0.25, 0.3) is 32.3 Å². The van der Waals surface area contributed by atoms with Crippen molar-refractivity contribution < 1.29 is 82.6 Å². The van der Waals surface area contributed by atoms with Crippen molar-refractivity contribution in [1.82, 2.24) is 12.9 Å². The minimum absolute atomic E-state index is 0.0257. The highest BCUT2D eigenvalue weighted by Gasteiger charge is 2.35. The van der Waals surface area contributed by atoms with Gasteiger partial charge >= 0.3 is 5.97 Å². The fourth-order valence-electron chi connectivity index (χ4n) is 8.45. The summed E-state index contributed by atoms with van der Waals surface area (Å²) in [5.41, 5.74) is -1.86. The number of hydrogen-bond donors (Lipinski definition) is 1. The van der Waals surface area contributed by atoms with Crippen LogP contribution in [0.5, 0.6) is 0 Å². The van der Waals surface area contributed by atoms with Crippen LogP contribution in [0, 0.1) is 27.1 Å². The van der Waals surface area contributed by atoms with Crippen molar-refractivity contribution in [3.63, 3.8) is 0 Å². The number of hydrogen-bond acceptors (Lipinski definition) is 20. The molecule has 0 aliphatic carbocycles. The van der Waals surface area contributed by atoms with E-state index in [1.165, 1.54) is 30.6 Å². The Bertz CT molecular complexity index is 3490. The lowest BCUT2D eigenvalue weighted by atomic mass is 9.93. The van der Waals surface area contributed by atoms with E-state index in [1.807, 2.05) is 55.4 Å². The Hall–Kier alpha value is -3.27. The molecule has 4 aromatic rings. The van der Waals surface area contributed by atoms with Gasteiger partial charge in [-0.15, -0.1) is 0 Å². The van der Waals surface area contributed by atoms with E-state index >= 15 is 21.0 Å². The zero-order chi connectivity index (χ0) is 66.2. The van der Waals surface area contributed by atoms with Crippen LogP contribution in [0.15, 0.2) is 51.1 Å². The molecular formula is C58H96N4O19S6. The average molecular weight is 1350 g/mol. The van der Waals surface area contributed by atoms with E-state index in [0.29, 0.717) is 67.7 Å². The molecule has 0 aliphatic heterocycles. The molecule has 4 rings (SSSR count). The summed E-state index contributed by atoms with van der Waals surface area (Å²) in [6, 6.07) is 8.54. The van der Waals surface area contributed by atoms with Gasteiger partial charge in [-0.2, -0.15) is 33.9 Å². The predicted octanol–water partition coefficient (Wildman–Crippen LogP) is 7.81. The highest BCUT2D eigenvalue weighted by Crippen LogP contribution is 2.46. The van der Waals surface area contributed by atoms with Gasteiger partial charge in [0.15, 0.2) is 0 Å². The second kappa shape index (κ2) is 30.0.